The van der Waals surface area contributed by atoms with E-state index in [2.05, 4.69) is 33.9 Å². The zero-order valence-corrected chi connectivity index (χ0v) is 23.8. The molecular formula is C31H36FNO4Si. The molecule has 1 aromatic heterocycles. The molecule has 1 atom stereocenters. The van der Waals surface area contributed by atoms with Gasteiger partial charge in [-0.1, -0.05) is 51.1 Å². The number of rotatable bonds is 10. The number of aliphatic carboxylic acids is 1. The largest absolute Gasteiger partial charge is 0.481 e. The molecule has 1 saturated carbocycles. The van der Waals surface area contributed by atoms with Gasteiger partial charge in [-0.2, -0.15) is 0 Å². The Hall–Kier alpha value is -3.16. The Bertz CT molecular complexity index is 1370. The van der Waals surface area contributed by atoms with E-state index in [0.717, 1.165) is 46.1 Å². The van der Waals surface area contributed by atoms with Crippen molar-refractivity contribution in [3.63, 3.8) is 0 Å². The number of para-hydroxylation sites is 1. The predicted octanol–water partition coefficient (Wildman–Crippen LogP) is 7.76. The summed E-state index contributed by atoms with van der Waals surface area (Å²) in [4.78, 5) is 29.7. The number of hydrogen-bond acceptors (Lipinski definition) is 4. The number of aromatic nitrogens is 1. The first-order valence-corrected chi connectivity index (χ1v) is 16.1. The number of carboxylic acids is 1. The Labute approximate surface area is 224 Å². The zero-order chi connectivity index (χ0) is 27.7. The van der Waals surface area contributed by atoms with Crippen molar-refractivity contribution in [2.45, 2.75) is 76.6 Å². The van der Waals surface area contributed by atoms with Gasteiger partial charge in [0.25, 0.3) is 0 Å². The molecule has 7 heteroatoms. The molecule has 1 heterocycles. The van der Waals surface area contributed by atoms with Crippen LogP contribution in [0.2, 0.25) is 18.1 Å². The highest BCUT2D eigenvalue weighted by molar-refractivity contribution is 6.74. The van der Waals surface area contributed by atoms with Gasteiger partial charge in [-0.3, -0.25) is 14.6 Å². The van der Waals surface area contributed by atoms with Gasteiger partial charge in [-0.25, -0.2) is 4.39 Å². The standard InChI is InChI=1S/C31H36FNO4Si/c1-31(2,3)38(4,5)37-24(19-28(35)36)18-23(34)16-17-26-29(20-12-14-22(32)15-13-20)25-8-6-7-9-27(25)33-30(26)21-10-11-21/h6-9,12-17,21,24H,10-11,18-19H2,1-5H3,(H,35,36)/t24-/m1/s1. The topological polar surface area (TPSA) is 76.5 Å². The van der Waals surface area contributed by atoms with Gasteiger partial charge in [0.2, 0.25) is 0 Å². The number of fused-ring (bicyclic) bond motifs is 1. The van der Waals surface area contributed by atoms with E-state index in [1.54, 1.807) is 18.2 Å². The average Bonchev–Trinajstić information content (AvgIpc) is 3.66. The van der Waals surface area contributed by atoms with Crippen molar-refractivity contribution in [3.8, 4) is 11.1 Å². The third kappa shape index (κ3) is 6.45. The maximum Gasteiger partial charge on any atom is 0.305 e. The van der Waals surface area contributed by atoms with Crippen LogP contribution in [0.25, 0.3) is 28.1 Å². The Kier molecular flexibility index (Phi) is 8.00. The van der Waals surface area contributed by atoms with E-state index in [1.165, 1.54) is 18.2 Å². The van der Waals surface area contributed by atoms with Crippen LogP contribution in [0.1, 0.15) is 63.6 Å². The minimum absolute atomic E-state index is 0.0129. The smallest absolute Gasteiger partial charge is 0.305 e. The van der Waals surface area contributed by atoms with Crippen molar-refractivity contribution in [1.29, 1.82) is 0 Å². The molecule has 200 valence electrons. The third-order valence-electron chi connectivity index (χ3n) is 7.59. The van der Waals surface area contributed by atoms with Gasteiger partial charge < -0.3 is 9.53 Å². The Morgan fingerprint density at radius 2 is 1.76 bits per heavy atom. The highest BCUT2D eigenvalue weighted by Gasteiger charge is 2.40. The van der Waals surface area contributed by atoms with Crippen LogP contribution in [0.5, 0.6) is 0 Å². The van der Waals surface area contributed by atoms with Crippen molar-refractivity contribution in [1.82, 2.24) is 4.98 Å². The van der Waals surface area contributed by atoms with Crippen LogP contribution in [-0.2, 0) is 14.0 Å². The van der Waals surface area contributed by atoms with Crippen molar-refractivity contribution >= 4 is 37.0 Å². The van der Waals surface area contributed by atoms with Crippen molar-refractivity contribution in [2.24, 2.45) is 0 Å². The first-order valence-electron chi connectivity index (χ1n) is 13.1. The minimum atomic E-state index is -2.27. The van der Waals surface area contributed by atoms with Crippen LogP contribution < -0.4 is 0 Å². The number of pyridine rings is 1. The van der Waals surface area contributed by atoms with Gasteiger partial charge in [-0.05, 0) is 66.9 Å². The Morgan fingerprint density at radius 1 is 1.11 bits per heavy atom. The van der Waals surface area contributed by atoms with Crippen molar-refractivity contribution < 1.29 is 23.5 Å². The molecular weight excluding hydrogens is 497 g/mol. The maximum atomic E-state index is 13.8. The van der Waals surface area contributed by atoms with Crippen LogP contribution in [0.15, 0.2) is 54.6 Å². The lowest BCUT2D eigenvalue weighted by atomic mass is 9.92. The number of hydrogen-bond donors (Lipinski definition) is 1. The lowest BCUT2D eigenvalue weighted by Gasteiger charge is -2.38. The van der Waals surface area contributed by atoms with Crippen LogP contribution in [-0.4, -0.2) is 36.3 Å². The van der Waals surface area contributed by atoms with Crippen LogP contribution in [0.4, 0.5) is 4.39 Å². The zero-order valence-electron chi connectivity index (χ0n) is 22.8. The van der Waals surface area contributed by atoms with Crippen LogP contribution in [0.3, 0.4) is 0 Å². The molecule has 0 radical (unpaired) electrons. The van der Waals surface area contributed by atoms with E-state index >= 15 is 0 Å². The second kappa shape index (κ2) is 10.9. The number of nitrogens with zero attached hydrogens (tertiary/aromatic N) is 1. The molecule has 0 bridgehead atoms. The number of carbonyl (C=O) groups excluding carboxylic acids is 1. The van der Waals surface area contributed by atoms with E-state index in [0.29, 0.717) is 5.92 Å². The van der Waals surface area contributed by atoms with Gasteiger partial charge in [0.05, 0.1) is 23.7 Å². The number of carboxylic acid groups (broad SMARTS) is 1. The highest BCUT2D eigenvalue weighted by atomic mass is 28.4. The molecule has 5 nitrogen and oxygen atoms in total. The molecule has 0 spiro atoms. The second-order valence-corrected chi connectivity index (χ2v) is 16.4. The number of ketones is 1. The lowest BCUT2D eigenvalue weighted by molar-refractivity contribution is -0.139. The first kappa shape index (κ1) is 27.9. The number of halogens is 1. The van der Waals surface area contributed by atoms with E-state index < -0.39 is 20.4 Å². The lowest BCUT2D eigenvalue weighted by Crippen LogP contribution is -2.44. The van der Waals surface area contributed by atoms with Gasteiger partial charge in [0, 0.05) is 28.9 Å². The third-order valence-corrected chi connectivity index (χ3v) is 12.1. The molecule has 1 N–H and O–H groups in total. The summed E-state index contributed by atoms with van der Waals surface area (Å²) in [7, 11) is -2.27. The molecule has 0 aliphatic heterocycles. The summed E-state index contributed by atoms with van der Waals surface area (Å²) < 4.78 is 20.1. The Balaban J connectivity index is 1.71. The number of benzene rings is 2. The van der Waals surface area contributed by atoms with E-state index in [1.807, 2.05) is 24.3 Å². The molecule has 38 heavy (non-hydrogen) atoms. The van der Waals surface area contributed by atoms with Crippen molar-refractivity contribution in [3.05, 3.63) is 71.7 Å². The molecule has 1 aliphatic rings. The molecule has 1 fully saturated rings. The fourth-order valence-electron chi connectivity index (χ4n) is 4.42. The molecule has 4 rings (SSSR count). The van der Waals surface area contributed by atoms with Crippen molar-refractivity contribution in [2.75, 3.05) is 0 Å². The fourth-order valence-corrected chi connectivity index (χ4v) is 5.78. The molecule has 0 saturated heterocycles. The van der Waals surface area contributed by atoms with E-state index in [-0.39, 0.29) is 29.5 Å². The molecule has 3 aromatic rings. The van der Waals surface area contributed by atoms with Gasteiger partial charge in [0.1, 0.15) is 5.82 Å². The maximum absolute atomic E-state index is 13.8. The second-order valence-electron chi connectivity index (χ2n) is 11.7. The SMILES string of the molecule is CC(C)(C)[Si](C)(C)O[C@@H](CC(=O)O)CC(=O)C=Cc1c(C2CC2)nc2ccccc2c1-c1ccc(F)cc1. The average molecular weight is 534 g/mol. The molecule has 0 unspecified atom stereocenters. The summed E-state index contributed by atoms with van der Waals surface area (Å²) in [6.07, 6.45) is 4.46. The fraction of sp³-hybridized carbons (Fsp3) is 0.387. The number of allylic oxidation sites excluding steroid dienone is 1. The summed E-state index contributed by atoms with van der Waals surface area (Å²) in [6.45, 7) is 10.4. The summed E-state index contributed by atoms with van der Waals surface area (Å²) in [6, 6.07) is 14.2. The quantitative estimate of drug-likeness (QED) is 0.213. The minimum Gasteiger partial charge on any atom is -0.481 e. The van der Waals surface area contributed by atoms with Crippen LogP contribution >= 0.6 is 0 Å². The summed E-state index contributed by atoms with van der Waals surface area (Å²) >= 11 is 0. The first-order chi connectivity index (χ1) is 17.9. The number of carbonyl (C=O) groups is 2. The van der Waals surface area contributed by atoms with E-state index in [4.69, 9.17) is 9.41 Å². The highest BCUT2D eigenvalue weighted by Crippen LogP contribution is 2.45. The Morgan fingerprint density at radius 3 is 2.37 bits per heavy atom. The predicted molar refractivity (Wildman–Crippen MR) is 152 cm³/mol. The summed E-state index contributed by atoms with van der Waals surface area (Å²) in [5.41, 5.74) is 4.42. The monoisotopic (exact) mass is 533 g/mol. The molecule has 0 amide bonds. The van der Waals surface area contributed by atoms with Gasteiger partial charge >= 0.3 is 5.97 Å². The summed E-state index contributed by atoms with van der Waals surface area (Å²) in [5.74, 6) is -1.18. The molecule has 2 aromatic carbocycles. The van der Waals surface area contributed by atoms with Gasteiger partial charge in [-0.15, -0.1) is 0 Å². The summed E-state index contributed by atoms with van der Waals surface area (Å²) in [5, 5.41) is 10.3. The van der Waals surface area contributed by atoms with E-state index in [9.17, 15) is 19.1 Å². The molecule has 1 aliphatic carbocycles. The van der Waals surface area contributed by atoms with Crippen LogP contribution in [0, 0.1) is 5.82 Å². The van der Waals surface area contributed by atoms with Gasteiger partial charge in [0.15, 0.2) is 14.1 Å². The normalized spacial score (nSPS) is 15.2.